The first-order chi connectivity index (χ1) is 21.9. The average molecular weight is 617 g/mol. The number of carbonyl (C=O) groups is 1. The van der Waals surface area contributed by atoms with Gasteiger partial charge in [0.15, 0.2) is 0 Å². The minimum Gasteiger partial charge on any atom is -0.493 e. The monoisotopic (exact) mass is 616 g/mol. The Kier molecular flexibility index (Phi) is 14.5. The van der Waals surface area contributed by atoms with E-state index in [1.54, 1.807) is 6.92 Å². The molecule has 0 bridgehead atoms. The van der Waals surface area contributed by atoms with Crippen molar-refractivity contribution in [1.82, 2.24) is 0 Å². The number of esters is 1. The molecule has 2 aliphatic rings. The predicted octanol–water partition coefficient (Wildman–Crippen LogP) is 10.4. The first-order valence-corrected chi connectivity index (χ1v) is 18.3. The van der Waals surface area contributed by atoms with Gasteiger partial charge in [0.1, 0.15) is 5.75 Å². The molecule has 4 nitrogen and oxygen atoms in total. The molecule has 2 fully saturated rings. The van der Waals surface area contributed by atoms with E-state index in [2.05, 4.69) is 56.8 Å². The number of aryl methyl sites for hydroxylation is 2. The fourth-order valence-electron chi connectivity index (χ4n) is 7.88. The predicted molar refractivity (Wildman–Crippen MR) is 187 cm³/mol. The summed E-state index contributed by atoms with van der Waals surface area (Å²) in [7, 11) is 0. The minimum absolute atomic E-state index is 0.109. The van der Waals surface area contributed by atoms with Gasteiger partial charge in [-0.15, -0.1) is 0 Å². The molecule has 0 saturated heterocycles. The van der Waals surface area contributed by atoms with E-state index in [1.165, 1.54) is 99.3 Å². The van der Waals surface area contributed by atoms with Crippen molar-refractivity contribution >= 4 is 5.97 Å². The van der Waals surface area contributed by atoms with Crippen molar-refractivity contribution in [2.45, 2.75) is 129 Å². The molecular weight excluding hydrogens is 556 g/mol. The third kappa shape index (κ3) is 10.5. The summed E-state index contributed by atoms with van der Waals surface area (Å²) in [6, 6.07) is 13.7. The van der Waals surface area contributed by atoms with Crippen molar-refractivity contribution in [3.05, 3.63) is 65.2 Å². The molecule has 45 heavy (non-hydrogen) atoms. The standard InChI is InChI=1S/C41H60O4/c1-5-7-8-11-31-13-15-33(16-14-31)34-17-19-35(20-18-34)36-21-23-39(32(6-2)28-36)37-22-24-40(44-27-10-25-42)38(29-37)12-9-26-45-41(43)30(3)4/h21-24,28-29,31,33-35,42H,3,5-20,25-27H2,1-2,4H3. The Morgan fingerprint density at radius 1 is 0.844 bits per heavy atom. The smallest absolute Gasteiger partial charge is 0.333 e. The Morgan fingerprint density at radius 3 is 2.24 bits per heavy atom. The summed E-state index contributed by atoms with van der Waals surface area (Å²) in [5.74, 6) is 4.12. The lowest BCUT2D eigenvalue weighted by molar-refractivity contribution is -0.139. The van der Waals surface area contributed by atoms with Crippen LogP contribution in [0.2, 0.25) is 0 Å². The summed E-state index contributed by atoms with van der Waals surface area (Å²) in [4.78, 5) is 11.8. The zero-order chi connectivity index (χ0) is 32.0. The second kappa shape index (κ2) is 18.5. The zero-order valence-electron chi connectivity index (χ0n) is 28.6. The highest BCUT2D eigenvalue weighted by molar-refractivity contribution is 5.86. The zero-order valence-corrected chi connectivity index (χ0v) is 28.6. The summed E-state index contributed by atoms with van der Waals surface area (Å²) < 4.78 is 11.4. The number of aliphatic hydroxyl groups is 1. The van der Waals surface area contributed by atoms with Gasteiger partial charge in [-0.25, -0.2) is 4.79 Å². The van der Waals surface area contributed by atoms with Gasteiger partial charge in [0.25, 0.3) is 0 Å². The van der Waals surface area contributed by atoms with E-state index in [-0.39, 0.29) is 12.6 Å². The molecule has 4 rings (SSSR count). The molecule has 2 saturated carbocycles. The van der Waals surface area contributed by atoms with E-state index in [9.17, 15) is 9.90 Å². The first kappa shape index (κ1) is 35.3. The van der Waals surface area contributed by atoms with Crippen LogP contribution in [0.4, 0.5) is 0 Å². The molecular formula is C41H60O4. The van der Waals surface area contributed by atoms with Crippen molar-refractivity contribution < 1.29 is 19.4 Å². The van der Waals surface area contributed by atoms with Crippen LogP contribution in [0.5, 0.6) is 5.75 Å². The van der Waals surface area contributed by atoms with Crippen molar-refractivity contribution in [3.63, 3.8) is 0 Å². The molecule has 1 N–H and O–H groups in total. The van der Waals surface area contributed by atoms with E-state index < -0.39 is 0 Å². The summed E-state index contributed by atoms with van der Waals surface area (Å²) in [5.41, 5.74) is 6.96. The molecule has 0 atom stereocenters. The minimum atomic E-state index is -0.343. The van der Waals surface area contributed by atoms with Crippen LogP contribution in [0.15, 0.2) is 48.6 Å². The van der Waals surface area contributed by atoms with Gasteiger partial charge in [-0.2, -0.15) is 0 Å². The van der Waals surface area contributed by atoms with Gasteiger partial charge in [0.05, 0.1) is 13.2 Å². The Hall–Kier alpha value is -2.59. The lowest BCUT2D eigenvalue weighted by Gasteiger charge is -2.38. The summed E-state index contributed by atoms with van der Waals surface area (Å²) in [6.45, 7) is 10.9. The van der Waals surface area contributed by atoms with Gasteiger partial charge in [0, 0.05) is 18.6 Å². The molecule has 0 aromatic heterocycles. The van der Waals surface area contributed by atoms with Crippen LogP contribution < -0.4 is 4.74 Å². The summed E-state index contributed by atoms with van der Waals surface area (Å²) in [6.07, 6.45) is 20.1. The van der Waals surface area contributed by atoms with Crippen molar-refractivity contribution in [2.75, 3.05) is 19.8 Å². The summed E-state index contributed by atoms with van der Waals surface area (Å²) >= 11 is 0. The molecule has 0 unspecified atom stereocenters. The molecule has 2 aromatic carbocycles. The van der Waals surface area contributed by atoms with Crippen LogP contribution in [0.25, 0.3) is 11.1 Å². The number of hydrogen-bond donors (Lipinski definition) is 1. The Morgan fingerprint density at radius 2 is 1.58 bits per heavy atom. The molecule has 4 heteroatoms. The Labute approximate surface area is 274 Å². The number of ether oxygens (including phenoxy) is 2. The van der Waals surface area contributed by atoms with E-state index >= 15 is 0 Å². The van der Waals surface area contributed by atoms with Gasteiger partial charge >= 0.3 is 5.97 Å². The Bertz CT molecular complexity index is 1200. The fourth-order valence-corrected chi connectivity index (χ4v) is 7.88. The molecule has 2 aliphatic carbocycles. The van der Waals surface area contributed by atoms with Gasteiger partial charge < -0.3 is 14.6 Å². The number of unbranched alkanes of at least 4 members (excludes halogenated alkanes) is 2. The highest BCUT2D eigenvalue weighted by Gasteiger charge is 2.31. The second-order valence-electron chi connectivity index (χ2n) is 13.9. The van der Waals surface area contributed by atoms with Crippen LogP contribution in [0, 0.1) is 17.8 Å². The molecule has 0 aliphatic heterocycles. The van der Waals surface area contributed by atoms with E-state index in [1.807, 2.05) is 0 Å². The maximum absolute atomic E-state index is 11.8. The fraction of sp³-hybridized carbons (Fsp3) is 0.634. The largest absolute Gasteiger partial charge is 0.493 e. The van der Waals surface area contributed by atoms with Gasteiger partial charge in [-0.3, -0.25) is 0 Å². The number of rotatable bonds is 17. The highest BCUT2D eigenvalue weighted by Crippen LogP contribution is 2.45. The van der Waals surface area contributed by atoms with Crippen LogP contribution in [0.1, 0.15) is 133 Å². The third-order valence-electron chi connectivity index (χ3n) is 10.6. The highest BCUT2D eigenvalue weighted by atomic mass is 16.5. The maximum Gasteiger partial charge on any atom is 0.333 e. The molecule has 0 amide bonds. The van der Waals surface area contributed by atoms with Crippen LogP contribution in [0.3, 0.4) is 0 Å². The average Bonchev–Trinajstić information content (AvgIpc) is 3.07. The Balaban J connectivity index is 1.37. The number of carbonyl (C=O) groups excluding carboxylic acids is 1. The number of aliphatic hydroxyl groups excluding tert-OH is 1. The maximum atomic E-state index is 11.8. The van der Waals surface area contributed by atoms with Crippen molar-refractivity contribution in [2.24, 2.45) is 17.8 Å². The summed E-state index contributed by atoms with van der Waals surface area (Å²) in [5, 5.41) is 9.23. The lowest BCUT2D eigenvalue weighted by atomic mass is 9.68. The molecule has 0 heterocycles. The van der Waals surface area contributed by atoms with E-state index in [4.69, 9.17) is 9.47 Å². The van der Waals surface area contributed by atoms with Crippen molar-refractivity contribution in [3.8, 4) is 16.9 Å². The van der Waals surface area contributed by atoms with Crippen LogP contribution >= 0.6 is 0 Å². The van der Waals surface area contributed by atoms with Gasteiger partial charge in [-0.1, -0.05) is 83.2 Å². The lowest BCUT2D eigenvalue weighted by Crippen LogP contribution is -2.25. The van der Waals surface area contributed by atoms with Crippen LogP contribution in [-0.4, -0.2) is 30.9 Å². The second-order valence-corrected chi connectivity index (χ2v) is 13.9. The van der Waals surface area contributed by atoms with Crippen molar-refractivity contribution in [1.29, 1.82) is 0 Å². The first-order valence-electron chi connectivity index (χ1n) is 18.3. The SMILES string of the molecule is C=C(C)C(=O)OCCCc1cc(-c2ccc(C3CCC(C4CCC(CCCCC)CC4)CC3)cc2CC)ccc1OCCCO. The van der Waals surface area contributed by atoms with E-state index in [0.717, 1.165) is 41.9 Å². The quantitative estimate of drug-likeness (QED) is 0.109. The normalized spacial score (nSPS) is 21.8. The third-order valence-corrected chi connectivity index (χ3v) is 10.6. The molecule has 0 radical (unpaired) electrons. The molecule has 248 valence electrons. The number of benzene rings is 2. The van der Waals surface area contributed by atoms with E-state index in [0.29, 0.717) is 37.5 Å². The van der Waals surface area contributed by atoms with Gasteiger partial charge in [-0.05, 0) is 128 Å². The topological polar surface area (TPSA) is 55.8 Å². The van der Waals surface area contributed by atoms with Gasteiger partial charge in [0.2, 0.25) is 0 Å². The van der Waals surface area contributed by atoms with Crippen LogP contribution in [-0.2, 0) is 22.4 Å². The number of hydrogen-bond acceptors (Lipinski definition) is 4. The molecule has 2 aromatic rings. The molecule has 0 spiro atoms.